The quantitative estimate of drug-likeness (QED) is 0.667. The summed E-state index contributed by atoms with van der Waals surface area (Å²) in [4.78, 5) is 2.34. The highest BCUT2D eigenvalue weighted by Gasteiger charge is 2.30. The van der Waals surface area contributed by atoms with Gasteiger partial charge in [-0.1, -0.05) is 26.7 Å². The first kappa shape index (κ1) is 11.0. The standard InChI is InChI=1S/C11H23NO/c1-5-6-7-9(2)11-12(4)8-10(3)13-11/h9-11H,5-8H2,1-4H3/t9-,10-,11-/m0/s1. The summed E-state index contributed by atoms with van der Waals surface area (Å²) in [7, 11) is 2.16. The Kier molecular flexibility index (Phi) is 4.20. The van der Waals surface area contributed by atoms with Crippen LogP contribution >= 0.6 is 0 Å². The van der Waals surface area contributed by atoms with Gasteiger partial charge in [-0.15, -0.1) is 0 Å². The van der Waals surface area contributed by atoms with Gasteiger partial charge < -0.3 is 4.74 Å². The molecule has 1 heterocycles. The summed E-state index contributed by atoms with van der Waals surface area (Å²) in [5.74, 6) is 0.676. The van der Waals surface area contributed by atoms with Gasteiger partial charge >= 0.3 is 0 Å². The van der Waals surface area contributed by atoms with Crippen LogP contribution < -0.4 is 0 Å². The fourth-order valence-electron chi connectivity index (χ4n) is 2.13. The summed E-state index contributed by atoms with van der Waals surface area (Å²) in [5.41, 5.74) is 0. The minimum absolute atomic E-state index is 0.363. The van der Waals surface area contributed by atoms with Crippen molar-refractivity contribution in [3.8, 4) is 0 Å². The Labute approximate surface area is 82.3 Å². The van der Waals surface area contributed by atoms with Gasteiger partial charge in [-0.2, -0.15) is 0 Å². The smallest absolute Gasteiger partial charge is 0.113 e. The largest absolute Gasteiger partial charge is 0.359 e. The Hall–Kier alpha value is -0.0800. The van der Waals surface area contributed by atoms with Gasteiger partial charge in [-0.3, -0.25) is 4.90 Å². The second-order valence-corrected chi connectivity index (χ2v) is 4.40. The highest BCUT2D eigenvalue weighted by atomic mass is 16.5. The maximum atomic E-state index is 5.86. The van der Waals surface area contributed by atoms with Crippen LogP contribution in [0.3, 0.4) is 0 Å². The number of rotatable bonds is 4. The van der Waals surface area contributed by atoms with Crippen LogP contribution in [-0.4, -0.2) is 30.8 Å². The molecule has 2 heteroatoms. The van der Waals surface area contributed by atoms with Crippen molar-refractivity contribution in [3.63, 3.8) is 0 Å². The number of unbranched alkanes of at least 4 members (excludes halogenated alkanes) is 1. The molecular weight excluding hydrogens is 162 g/mol. The molecule has 1 rings (SSSR count). The molecule has 0 radical (unpaired) electrons. The normalized spacial score (nSPS) is 32.3. The minimum atomic E-state index is 0.363. The summed E-state index contributed by atoms with van der Waals surface area (Å²) >= 11 is 0. The zero-order valence-corrected chi connectivity index (χ0v) is 9.42. The first-order valence-corrected chi connectivity index (χ1v) is 5.50. The highest BCUT2D eigenvalue weighted by molar-refractivity contribution is 4.76. The molecule has 0 aromatic carbocycles. The number of likely N-dealkylation sites (N-methyl/N-ethyl adjacent to an activating group) is 1. The fourth-order valence-corrected chi connectivity index (χ4v) is 2.13. The Morgan fingerprint density at radius 3 is 2.69 bits per heavy atom. The lowest BCUT2D eigenvalue weighted by atomic mass is 10.0. The Morgan fingerprint density at radius 1 is 1.54 bits per heavy atom. The van der Waals surface area contributed by atoms with Crippen LogP contribution in [0.25, 0.3) is 0 Å². The van der Waals surface area contributed by atoms with E-state index in [-0.39, 0.29) is 0 Å². The molecular formula is C11H23NO. The van der Waals surface area contributed by atoms with E-state index in [1.807, 2.05) is 0 Å². The first-order chi connectivity index (χ1) is 6.15. The maximum Gasteiger partial charge on any atom is 0.113 e. The summed E-state index contributed by atoms with van der Waals surface area (Å²) in [6, 6.07) is 0. The van der Waals surface area contributed by atoms with E-state index in [0.29, 0.717) is 18.2 Å². The summed E-state index contributed by atoms with van der Waals surface area (Å²) in [6.07, 6.45) is 4.68. The van der Waals surface area contributed by atoms with Gasteiger partial charge in [0.2, 0.25) is 0 Å². The van der Waals surface area contributed by atoms with Gasteiger partial charge in [0.05, 0.1) is 6.10 Å². The number of nitrogens with zero attached hydrogens (tertiary/aromatic N) is 1. The maximum absolute atomic E-state index is 5.86. The van der Waals surface area contributed by atoms with Gasteiger partial charge in [-0.05, 0) is 26.3 Å². The molecule has 2 nitrogen and oxygen atoms in total. The molecule has 0 aromatic heterocycles. The lowest BCUT2D eigenvalue weighted by Crippen LogP contribution is -2.32. The molecule has 1 aliphatic heterocycles. The Morgan fingerprint density at radius 2 is 2.23 bits per heavy atom. The molecule has 0 amide bonds. The van der Waals surface area contributed by atoms with E-state index >= 15 is 0 Å². The van der Waals surface area contributed by atoms with Crippen LogP contribution in [0.4, 0.5) is 0 Å². The molecule has 3 atom stereocenters. The molecule has 1 aliphatic rings. The molecule has 78 valence electrons. The van der Waals surface area contributed by atoms with E-state index in [0.717, 1.165) is 6.54 Å². The average molecular weight is 185 g/mol. The van der Waals surface area contributed by atoms with Crippen molar-refractivity contribution in [1.82, 2.24) is 4.90 Å². The van der Waals surface area contributed by atoms with Gasteiger partial charge in [0.25, 0.3) is 0 Å². The van der Waals surface area contributed by atoms with Crippen molar-refractivity contribution < 1.29 is 4.74 Å². The third-order valence-electron chi connectivity index (χ3n) is 2.85. The lowest BCUT2D eigenvalue weighted by molar-refractivity contribution is -0.0247. The summed E-state index contributed by atoms with van der Waals surface area (Å²) in [5, 5.41) is 0. The topological polar surface area (TPSA) is 12.5 Å². The van der Waals surface area contributed by atoms with Gasteiger partial charge in [-0.25, -0.2) is 0 Å². The number of ether oxygens (including phenoxy) is 1. The zero-order chi connectivity index (χ0) is 9.84. The molecule has 0 aromatic rings. The van der Waals surface area contributed by atoms with E-state index in [4.69, 9.17) is 4.74 Å². The van der Waals surface area contributed by atoms with E-state index < -0.39 is 0 Å². The highest BCUT2D eigenvalue weighted by Crippen LogP contribution is 2.24. The minimum Gasteiger partial charge on any atom is -0.359 e. The lowest BCUT2D eigenvalue weighted by Gasteiger charge is -2.24. The van der Waals surface area contributed by atoms with Crippen molar-refractivity contribution in [3.05, 3.63) is 0 Å². The molecule has 0 N–H and O–H groups in total. The molecule has 0 saturated carbocycles. The van der Waals surface area contributed by atoms with Crippen LogP contribution in [0.5, 0.6) is 0 Å². The predicted octanol–water partition coefficient (Wildman–Crippen LogP) is 2.49. The molecule has 1 saturated heterocycles. The third kappa shape index (κ3) is 2.96. The van der Waals surface area contributed by atoms with E-state index in [9.17, 15) is 0 Å². The Balaban J connectivity index is 2.33. The van der Waals surface area contributed by atoms with Gasteiger partial charge in [0.1, 0.15) is 6.23 Å². The third-order valence-corrected chi connectivity index (χ3v) is 2.85. The van der Waals surface area contributed by atoms with Gasteiger partial charge in [0, 0.05) is 6.54 Å². The fraction of sp³-hybridized carbons (Fsp3) is 1.00. The first-order valence-electron chi connectivity index (χ1n) is 5.50. The van der Waals surface area contributed by atoms with Crippen molar-refractivity contribution in [2.24, 2.45) is 5.92 Å². The second-order valence-electron chi connectivity index (χ2n) is 4.40. The summed E-state index contributed by atoms with van der Waals surface area (Å²) < 4.78 is 5.86. The summed E-state index contributed by atoms with van der Waals surface area (Å²) in [6.45, 7) is 7.79. The van der Waals surface area contributed by atoms with Crippen molar-refractivity contribution in [2.45, 2.75) is 52.4 Å². The predicted molar refractivity (Wildman–Crippen MR) is 55.7 cm³/mol. The van der Waals surface area contributed by atoms with Crippen LogP contribution in [-0.2, 0) is 4.74 Å². The van der Waals surface area contributed by atoms with Crippen LogP contribution in [0.1, 0.15) is 40.0 Å². The number of hydrogen-bond donors (Lipinski definition) is 0. The molecule has 13 heavy (non-hydrogen) atoms. The molecule has 0 aliphatic carbocycles. The van der Waals surface area contributed by atoms with Crippen LogP contribution in [0.2, 0.25) is 0 Å². The average Bonchev–Trinajstić information content (AvgIpc) is 2.41. The van der Waals surface area contributed by atoms with E-state index in [1.165, 1.54) is 19.3 Å². The van der Waals surface area contributed by atoms with Crippen LogP contribution in [0, 0.1) is 5.92 Å². The monoisotopic (exact) mass is 185 g/mol. The van der Waals surface area contributed by atoms with Crippen LogP contribution in [0.15, 0.2) is 0 Å². The Bertz CT molecular complexity index is 149. The molecule has 0 bridgehead atoms. The van der Waals surface area contributed by atoms with Gasteiger partial charge in [0.15, 0.2) is 0 Å². The van der Waals surface area contributed by atoms with E-state index in [2.05, 4.69) is 32.7 Å². The van der Waals surface area contributed by atoms with Crippen molar-refractivity contribution in [2.75, 3.05) is 13.6 Å². The SMILES string of the molecule is CCCC[C@H](C)[C@@H]1O[C@@H](C)CN1C. The van der Waals surface area contributed by atoms with Crippen molar-refractivity contribution in [1.29, 1.82) is 0 Å². The zero-order valence-electron chi connectivity index (χ0n) is 9.42. The van der Waals surface area contributed by atoms with E-state index in [1.54, 1.807) is 0 Å². The molecule has 0 spiro atoms. The molecule has 1 fully saturated rings. The van der Waals surface area contributed by atoms with Crippen molar-refractivity contribution >= 4 is 0 Å². The molecule has 0 unspecified atom stereocenters. The second kappa shape index (κ2) is 4.97. The number of hydrogen-bond acceptors (Lipinski definition) is 2.